The van der Waals surface area contributed by atoms with E-state index in [9.17, 15) is 0 Å². The molecule has 18 heavy (non-hydrogen) atoms. The summed E-state index contributed by atoms with van der Waals surface area (Å²) in [6.07, 6.45) is 0. The normalized spacial score (nSPS) is 10.8. The monoisotopic (exact) mass is 240 g/mol. The van der Waals surface area contributed by atoms with Crippen molar-refractivity contribution in [3.8, 4) is 5.75 Å². The van der Waals surface area contributed by atoms with Gasteiger partial charge in [0.2, 0.25) is 0 Å². The second-order valence-electron chi connectivity index (χ2n) is 4.19. The number of azo groups is 1. The lowest BCUT2D eigenvalue weighted by atomic mass is 10.1. The Hall–Kier alpha value is -2.16. The molecule has 92 valence electrons. The van der Waals surface area contributed by atoms with Gasteiger partial charge in [-0.3, -0.25) is 0 Å². The minimum atomic E-state index is 0.784. The van der Waals surface area contributed by atoms with Crippen molar-refractivity contribution >= 4 is 11.4 Å². The Morgan fingerprint density at radius 2 is 1.78 bits per heavy atom. The van der Waals surface area contributed by atoms with E-state index in [4.69, 9.17) is 4.74 Å². The fraction of sp³-hybridized carbons (Fsp3) is 0.200. The molecule has 0 heterocycles. The van der Waals surface area contributed by atoms with Crippen LogP contribution in [0.1, 0.15) is 11.1 Å². The summed E-state index contributed by atoms with van der Waals surface area (Å²) in [5.74, 6) is 0.784. The third kappa shape index (κ3) is 2.94. The summed E-state index contributed by atoms with van der Waals surface area (Å²) >= 11 is 0. The van der Waals surface area contributed by atoms with Crippen molar-refractivity contribution in [2.24, 2.45) is 10.2 Å². The molecule has 3 nitrogen and oxygen atoms in total. The summed E-state index contributed by atoms with van der Waals surface area (Å²) in [5.41, 5.74) is 4.03. The van der Waals surface area contributed by atoms with Crippen LogP contribution in [0.15, 0.2) is 52.7 Å². The lowest BCUT2D eigenvalue weighted by Crippen LogP contribution is -1.80. The summed E-state index contributed by atoms with van der Waals surface area (Å²) < 4.78 is 5.14. The predicted octanol–water partition coefficient (Wildman–Crippen LogP) is 4.73. The first-order valence-electron chi connectivity index (χ1n) is 5.82. The van der Waals surface area contributed by atoms with E-state index >= 15 is 0 Å². The summed E-state index contributed by atoms with van der Waals surface area (Å²) in [7, 11) is 1.64. The Kier molecular flexibility index (Phi) is 3.72. The maximum absolute atomic E-state index is 5.14. The highest BCUT2D eigenvalue weighted by molar-refractivity contribution is 5.48. The van der Waals surface area contributed by atoms with Gasteiger partial charge in [-0.15, -0.1) is 0 Å². The van der Waals surface area contributed by atoms with Crippen molar-refractivity contribution in [1.29, 1.82) is 0 Å². The predicted molar refractivity (Wildman–Crippen MR) is 73.1 cm³/mol. The molecule has 2 aromatic rings. The average molecular weight is 240 g/mol. The molecule has 0 spiro atoms. The minimum Gasteiger partial charge on any atom is -0.497 e. The molecule has 0 aliphatic heterocycles. The van der Waals surface area contributed by atoms with E-state index in [0.29, 0.717) is 0 Å². The molecule has 0 unspecified atom stereocenters. The zero-order valence-electron chi connectivity index (χ0n) is 10.8. The van der Waals surface area contributed by atoms with Gasteiger partial charge in [0.25, 0.3) is 0 Å². The van der Waals surface area contributed by atoms with Crippen LogP contribution in [0.2, 0.25) is 0 Å². The summed E-state index contributed by atoms with van der Waals surface area (Å²) in [4.78, 5) is 0. The molecule has 0 aliphatic rings. The first-order chi connectivity index (χ1) is 8.69. The summed E-state index contributed by atoms with van der Waals surface area (Å²) in [6.45, 7) is 4.10. The van der Waals surface area contributed by atoms with E-state index in [2.05, 4.69) is 23.2 Å². The lowest BCUT2D eigenvalue weighted by Gasteiger charge is -2.01. The Morgan fingerprint density at radius 1 is 0.944 bits per heavy atom. The third-order valence-corrected chi connectivity index (χ3v) is 2.68. The summed E-state index contributed by atoms with van der Waals surface area (Å²) in [6, 6.07) is 13.6. The second kappa shape index (κ2) is 5.45. The van der Waals surface area contributed by atoms with Crippen LogP contribution in [0.5, 0.6) is 5.75 Å². The van der Waals surface area contributed by atoms with Crippen molar-refractivity contribution in [3.63, 3.8) is 0 Å². The fourth-order valence-corrected chi connectivity index (χ4v) is 1.70. The van der Waals surface area contributed by atoms with E-state index in [-0.39, 0.29) is 0 Å². The second-order valence-corrected chi connectivity index (χ2v) is 4.19. The van der Waals surface area contributed by atoms with Crippen molar-refractivity contribution in [1.82, 2.24) is 0 Å². The zero-order valence-corrected chi connectivity index (χ0v) is 10.8. The third-order valence-electron chi connectivity index (χ3n) is 2.68. The lowest BCUT2D eigenvalue weighted by molar-refractivity contribution is 0.415. The molecule has 0 radical (unpaired) electrons. The Bertz CT molecular complexity index is 576. The molecule has 0 fully saturated rings. The van der Waals surface area contributed by atoms with Crippen LogP contribution in [0, 0.1) is 13.8 Å². The maximum atomic E-state index is 5.14. The highest BCUT2D eigenvalue weighted by Gasteiger charge is 1.97. The molecule has 3 heteroatoms. The highest BCUT2D eigenvalue weighted by atomic mass is 16.5. The zero-order chi connectivity index (χ0) is 13.0. The van der Waals surface area contributed by atoms with Crippen LogP contribution in [0.25, 0.3) is 0 Å². The van der Waals surface area contributed by atoms with Crippen molar-refractivity contribution in [3.05, 3.63) is 53.6 Å². The first kappa shape index (κ1) is 12.3. The van der Waals surface area contributed by atoms with Gasteiger partial charge in [0.15, 0.2) is 0 Å². The van der Waals surface area contributed by atoms with Gasteiger partial charge >= 0.3 is 0 Å². The molecular weight excluding hydrogens is 224 g/mol. The van der Waals surface area contributed by atoms with E-state index in [1.165, 1.54) is 5.56 Å². The molecule has 0 N–H and O–H groups in total. The van der Waals surface area contributed by atoms with Crippen LogP contribution in [0.3, 0.4) is 0 Å². The van der Waals surface area contributed by atoms with E-state index < -0.39 is 0 Å². The molecule has 2 aromatic carbocycles. The van der Waals surface area contributed by atoms with E-state index in [0.717, 1.165) is 22.7 Å². The van der Waals surface area contributed by atoms with Gasteiger partial charge in [0.05, 0.1) is 18.5 Å². The Morgan fingerprint density at radius 3 is 2.50 bits per heavy atom. The van der Waals surface area contributed by atoms with Crippen molar-refractivity contribution in [2.75, 3.05) is 7.11 Å². The van der Waals surface area contributed by atoms with Gasteiger partial charge in [-0.05, 0) is 37.6 Å². The molecule has 0 aliphatic carbocycles. The van der Waals surface area contributed by atoms with Gasteiger partial charge in [0.1, 0.15) is 5.75 Å². The van der Waals surface area contributed by atoms with E-state index in [1.54, 1.807) is 7.11 Å². The molecule has 0 saturated heterocycles. The van der Waals surface area contributed by atoms with Gasteiger partial charge in [-0.25, -0.2) is 0 Å². The Labute approximate surface area is 107 Å². The molecule has 0 aromatic heterocycles. The number of ether oxygens (including phenoxy) is 1. The number of hydrogen-bond donors (Lipinski definition) is 0. The van der Waals surface area contributed by atoms with Crippen LogP contribution in [-0.2, 0) is 0 Å². The van der Waals surface area contributed by atoms with Gasteiger partial charge in [0, 0.05) is 6.07 Å². The molecule has 0 atom stereocenters. The number of nitrogens with zero attached hydrogens (tertiary/aromatic N) is 2. The first-order valence-corrected chi connectivity index (χ1v) is 5.82. The smallest absolute Gasteiger partial charge is 0.121 e. The maximum Gasteiger partial charge on any atom is 0.121 e. The fourth-order valence-electron chi connectivity index (χ4n) is 1.70. The van der Waals surface area contributed by atoms with Gasteiger partial charge in [-0.2, -0.15) is 10.2 Å². The standard InChI is InChI=1S/C15H16N2O/c1-11-7-8-15(12(2)9-11)17-16-13-5-4-6-14(10-13)18-3/h4-10H,1-3H3. The average Bonchev–Trinajstić information content (AvgIpc) is 2.38. The van der Waals surface area contributed by atoms with Crippen LogP contribution in [-0.4, -0.2) is 7.11 Å². The number of methoxy groups -OCH3 is 1. The molecule has 0 bridgehead atoms. The number of rotatable bonds is 3. The largest absolute Gasteiger partial charge is 0.497 e. The van der Waals surface area contributed by atoms with E-state index in [1.807, 2.05) is 43.3 Å². The van der Waals surface area contributed by atoms with Crippen LogP contribution >= 0.6 is 0 Å². The molecule has 2 rings (SSSR count). The number of aryl methyl sites for hydroxylation is 2. The highest BCUT2D eigenvalue weighted by Crippen LogP contribution is 2.24. The van der Waals surface area contributed by atoms with Crippen LogP contribution in [0.4, 0.5) is 11.4 Å². The SMILES string of the molecule is COc1cccc(N=Nc2ccc(C)cc2C)c1. The number of benzene rings is 2. The quantitative estimate of drug-likeness (QED) is 0.714. The summed E-state index contributed by atoms with van der Waals surface area (Å²) in [5, 5.41) is 8.48. The van der Waals surface area contributed by atoms with Crippen molar-refractivity contribution < 1.29 is 4.74 Å². The molecule has 0 saturated carbocycles. The Balaban J connectivity index is 2.24. The molecular formula is C15H16N2O. The minimum absolute atomic E-state index is 0.784. The molecule has 0 amide bonds. The number of hydrogen-bond acceptors (Lipinski definition) is 3. The van der Waals surface area contributed by atoms with Gasteiger partial charge < -0.3 is 4.74 Å². The van der Waals surface area contributed by atoms with Gasteiger partial charge in [-0.1, -0.05) is 23.8 Å². The van der Waals surface area contributed by atoms with Crippen LogP contribution < -0.4 is 4.74 Å². The topological polar surface area (TPSA) is 34.0 Å². The van der Waals surface area contributed by atoms with Crippen molar-refractivity contribution in [2.45, 2.75) is 13.8 Å².